The molecule has 2 N–H and O–H groups in total. The van der Waals surface area contributed by atoms with Crippen LogP contribution in [0.15, 0.2) is 30.3 Å². The van der Waals surface area contributed by atoms with Crippen LogP contribution in [0.1, 0.15) is 21.7 Å². The number of hydrogen-bond acceptors (Lipinski definition) is 2. The van der Waals surface area contributed by atoms with Crippen LogP contribution in [-0.2, 0) is 12.8 Å². The summed E-state index contributed by atoms with van der Waals surface area (Å²) in [5.74, 6) is -1.02. The molecule has 0 saturated heterocycles. The van der Waals surface area contributed by atoms with Crippen LogP contribution in [0.3, 0.4) is 0 Å². The van der Waals surface area contributed by atoms with Crippen molar-refractivity contribution in [2.75, 3.05) is 0 Å². The molecular weight excluding hydrogens is 240 g/mol. The molecule has 0 radical (unpaired) electrons. The lowest BCUT2D eigenvalue weighted by atomic mass is 10.1. The van der Waals surface area contributed by atoms with Gasteiger partial charge in [-0.2, -0.15) is 5.10 Å². The van der Waals surface area contributed by atoms with Crippen LogP contribution in [0.5, 0.6) is 0 Å². The van der Waals surface area contributed by atoms with E-state index in [0.717, 1.165) is 17.7 Å². The van der Waals surface area contributed by atoms with Crippen LogP contribution in [0.4, 0.5) is 0 Å². The zero-order valence-electron chi connectivity index (χ0n) is 8.98. The number of carboxylic acid groups (broad SMARTS) is 1. The van der Waals surface area contributed by atoms with E-state index in [1.165, 1.54) is 0 Å². The molecule has 0 amide bonds. The number of nitrogens with one attached hydrogen (secondary N) is 1. The maximum Gasteiger partial charge on any atom is 0.356 e. The first-order valence-electron chi connectivity index (χ1n) is 5.17. The summed E-state index contributed by atoms with van der Waals surface area (Å²) in [4.78, 5) is 10.6. The number of aromatic nitrogens is 2. The number of nitrogens with zero attached hydrogens (tertiary/aromatic N) is 1. The van der Waals surface area contributed by atoms with Gasteiger partial charge in [-0.05, 0) is 36.6 Å². The van der Waals surface area contributed by atoms with Gasteiger partial charge in [-0.25, -0.2) is 4.79 Å². The number of aromatic amines is 1. The van der Waals surface area contributed by atoms with Gasteiger partial charge in [-0.3, -0.25) is 5.10 Å². The van der Waals surface area contributed by atoms with Crippen LogP contribution in [0.2, 0.25) is 5.02 Å². The van der Waals surface area contributed by atoms with Crippen molar-refractivity contribution in [2.24, 2.45) is 0 Å². The lowest BCUT2D eigenvalue weighted by Crippen LogP contribution is -1.95. The maximum absolute atomic E-state index is 10.6. The summed E-state index contributed by atoms with van der Waals surface area (Å²) in [6, 6.07) is 9.15. The monoisotopic (exact) mass is 250 g/mol. The molecular formula is C12H11ClN2O2. The molecule has 0 aliphatic heterocycles. The van der Waals surface area contributed by atoms with Crippen molar-refractivity contribution in [1.82, 2.24) is 10.2 Å². The van der Waals surface area contributed by atoms with Gasteiger partial charge in [-0.15, -0.1) is 0 Å². The lowest BCUT2D eigenvalue weighted by molar-refractivity contribution is 0.0690. The number of benzene rings is 1. The molecule has 4 nitrogen and oxygen atoms in total. The van der Waals surface area contributed by atoms with E-state index in [0.29, 0.717) is 11.4 Å². The van der Waals surface area contributed by atoms with Crippen molar-refractivity contribution < 1.29 is 9.90 Å². The van der Waals surface area contributed by atoms with E-state index < -0.39 is 5.97 Å². The Labute approximate surface area is 103 Å². The first-order chi connectivity index (χ1) is 8.15. The second-order valence-corrected chi connectivity index (χ2v) is 4.15. The molecule has 1 heterocycles. The molecule has 2 aromatic rings. The third kappa shape index (κ3) is 3.07. The molecule has 0 bridgehead atoms. The van der Waals surface area contributed by atoms with Crippen LogP contribution in [0.25, 0.3) is 0 Å². The molecule has 0 fully saturated rings. The number of carbonyl (C=O) groups is 1. The summed E-state index contributed by atoms with van der Waals surface area (Å²) in [5.41, 5.74) is 1.97. The second kappa shape index (κ2) is 5.01. The molecule has 88 valence electrons. The summed E-state index contributed by atoms with van der Waals surface area (Å²) in [7, 11) is 0. The van der Waals surface area contributed by atoms with E-state index in [-0.39, 0.29) is 5.69 Å². The highest BCUT2D eigenvalue weighted by molar-refractivity contribution is 6.30. The molecule has 2 rings (SSSR count). The largest absolute Gasteiger partial charge is 0.476 e. The van der Waals surface area contributed by atoms with E-state index in [2.05, 4.69) is 10.2 Å². The SMILES string of the molecule is O=C(O)c1cc(CCc2cccc(Cl)c2)[nH]n1. The van der Waals surface area contributed by atoms with E-state index in [4.69, 9.17) is 16.7 Å². The van der Waals surface area contributed by atoms with E-state index >= 15 is 0 Å². The van der Waals surface area contributed by atoms with Crippen molar-refractivity contribution in [1.29, 1.82) is 0 Å². The van der Waals surface area contributed by atoms with E-state index in [1.807, 2.05) is 24.3 Å². The number of hydrogen-bond donors (Lipinski definition) is 2. The Kier molecular flexibility index (Phi) is 3.44. The molecule has 0 aliphatic rings. The van der Waals surface area contributed by atoms with Crippen molar-refractivity contribution in [2.45, 2.75) is 12.8 Å². The predicted molar refractivity (Wildman–Crippen MR) is 64.4 cm³/mol. The Morgan fingerprint density at radius 3 is 2.82 bits per heavy atom. The number of aromatic carboxylic acids is 1. The van der Waals surface area contributed by atoms with Gasteiger partial charge >= 0.3 is 5.97 Å². The fourth-order valence-electron chi connectivity index (χ4n) is 1.57. The molecule has 5 heteroatoms. The zero-order valence-corrected chi connectivity index (χ0v) is 9.74. The Bertz CT molecular complexity index is 537. The normalized spacial score (nSPS) is 10.4. The first kappa shape index (κ1) is 11.7. The fourth-order valence-corrected chi connectivity index (χ4v) is 1.78. The Balaban J connectivity index is 2.00. The van der Waals surface area contributed by atoms with Gasteiger partial charge in [0.15, 0.2) is 5.69 Å². The van der Waals surface area contributed by atoms with Gasteiger partial charge in [0, 0.05) is 10.7 Å². The van der Waals surface area contributed by atoms with Gasteiger partial charge in [0.25, 0.3) is 0 Å². The zero-order chi connectivity index (χ0) is 12.3. The highest BCUT2D eigenvalue weighted by Crippen LogP contribution is 2.13. The smallest absolute Gasteiger partial charge is 0.356 e. The minimum atomic E-state index is -1.02. The molecule has 0 atom stereocenters. The summed E-state index contributed by atoms with van der Waals surface area (Å²) >= 11 is 5.87. The quantitative estimate of drug-likeness (QED) is 0.876. The van der Waals surface area contributed by atoms with Crippen molar-refractivity contribution in [3.63, 3.8) is 0 Å². The van der Waals surface area contributed by atoms with Crippen molar-refractivity contribution in [3.8, 4) is 0 Å². The first-order valence-corrected chi connectivity index (χ1v) is 5.55. The number of rotatable bonds is 4. The molecule has 0 unspecified atom stereocenters. The van der Waals surface area contributed by atoms with Gasteiger partial charge in [0.05, 0.1) is 0 Å². The predicted octanol–water partition coefficient (Wildman–Crippen LogP) is 2.55. The molecule has 0 spiro atoms. The highest BCUT2D eigenvalue weighted by atomic mass is 35.5. The standard InChI is InChI=1S/C12H11ClN2O2/c13-9-3-1-2-8(6-9)4-5-10-7-11(12(16)17)15-14-10/h1-3,6-7H,4-5H2,(H,14,15)(H,16,17). The van der Waals surface area contributed by atoms with Crippen LogP contribution >= 0.6 is 11.6 Å². The minimum Gasteiger partial charge on any atom is -0.476 e. The third-order valence-electron chi connectivity index (χ3n) is 2.42. The van der Waals surface area contributed by atoms with Crippen molar-refractivity contribution >= 4 is 17.6 Å². The van der Waals surface area contributed by atoms with Crippen LogP contribution < -0.4 is 0 Å². The van der Waals surface area contributed by atoms with Gasteiger partial charge in [0.1, 0.15) is 0 Å². The average Bonchev–Trinajstić information content (AvgIpc) is 2.75. The second-order valence-electron chi connectivity index (χ2n) is 3.71. The summed E-state index contributed by atoms with van der Waals surface area (Å²) in [5, 5.41) is 15.8. The number of carboxylic acids is 1. The topological polar surface area (TPSA) is 66.0 Å². The van der Waals surface area contributed by atoms with E-state index in [1.54, 1.807) is 6.07 Å². The fraction of sp³-hybridized carbons (Fsp3) is 0.167. The molecule has 0 aliphatic carbocycles. The van der Waals surface area contributed by atoms with Gasteiger partial charge < -0.3 is 5.11 Å². The van der Waals surface area contributed by atoms with Gasteiger partial charge in [0.2, 0.25) is 0 Å². The molecule has 1 aromatic heterocycles. The highest BCUT2D eigenvalue weighted by Gasteiger charge is 2.07. The number of H-pyrrole nitrogens is 1. The lowest BCUT2D eigenvalue weighted by Gasteiger charge is -1.99. The average molecular weight is 251 g/mol. The summed E-state index contributed by atoms with van der Waals surface area (Å²) in [6.45, 7) is 0. The van der Waals surface area contributed by atoms with E-state index in [9.17, 15) is 4.79 Å². The number of aryl methyl sites for hydroxylation is 2. The third-order valence-corrected chi connectivity index (χ3v) is 2.66. The molecule has 0 saturated carbocycles. The minimum absolute atomic E-state index is 0.0473. The van der Waals surface area contributed by atoms with Crippen LogP contribution in [-0.4, -0.2) is 21.3 Å². The maximum atomic E-state index is 10.6. The molecule has 1 aromatic carbocycles. The number of halogens is 1. The van der Waals surface area contributed by atoms with Crippen LogP contribution in [0, 0.1) is 0 Å². The molecule has 17 heavy (non-hydrogen) atoms. The Morgan fingerprint density at radius 1 is 1.35 bits per heavy atom. The van der Waals surface area contributed by atoms with Gasteiger partial charge in [-0.1, -0.05) is 23.7 Å². The summed E-state index contributed by atoms with van der Waals surface area (Å²) < 4.78 is 0. The Morgan fingerprint density at radius 2 is 2.18 bits per heavy atom. The Hall–Kier alpha value is -1.81. The summed E-state index contributed by atoms with van der Waals surface area (Å²) in [6.07, 6.45) is 1.50. The van der Waals surface area contributed by atoms with Crippen molar-refractivity contribution in [3.05, 3.63) is 52.3 Å².